The van der Waals surface area contributed by atoms with Crippen molar-refractivity contribution in [2.24, 2.45) is 0 Å². The Balaban J connectivity index is 1.34. The predicted octanol–water partition coefficient (Wildman–Crippen LogP) is 2.95. The number of rotatable bonds is 7. The molecule has 1 aliphatic rings. The van der Waals surface area contributed by atoms with Crippen LogP contribution < -0.4 is 10.9 Å². The number of piperazine rings is 1. The first-order chi connectivity index (χ1) is 15.1. The van der Waals surface area contributed by atoms with Gasteiger partial charge in [-0.2, -0.15) is 5.10 Å². The monoisotopic (exact) mass is 419 g/mol. The van der Waals surface area contributed by atoms with E-state index in [0.717, 1.165) is 62.2 Å². The number of anilines is 1. The van der Waals surface area contributed by atoms with Crippen LogP contribution in [-0.4, -0.2) is 65.7 Å². The van der Waals surface area contributed by atoms with Gasteiger partial charge in [-0.3, -0.25) is 9.59 Å². The first kappa shape index (κ1) is 21.2. The van der Waals surface area contributed by atoms with E-state index in [2.05, 4.69) is 32.4 Å². The Hall–Kier alpha value is -3.03. The summed E-state index contributed by atoms with van der Waals surface area (Å²) in [6.45, 7) is 5.53. The molecular formula is C24H29N5O2. The lowest BCUT2D eigenvalue weighted by molar-refractivity contribution is -0.116. The summed E-state index contributed by atoms with van der Waals surface area (Å²) >= 11 is 0. The zero-order valence-corrected chi connectivity index (χ0v) is 17.9. The largest absolute Gasteiger partial charge is 0.326 e. The van der Waals surface area contributed by atoms with Gasteiger partial charge in [-0.05, 0) is 44.6 Å². The Morgan fingerprint density at radius 1 is 1.03 bits per heavy atom. The van der Waals surface area contributed by atoms with Gasteiger partial charge in [-0.15, -0.1) is 0 Å². The van der Waals surface area contributed by atoms with Crippen LogP contribution in [0.5, 0.6) is 0 Å². The lowest BCUT2D eigenvalue weighted by Crippen LogP contribution is -2.44. The topological polar surface area (TPSA) is 81.3 Å². The van der Waals surface area contributed by atoms with Crippen LogP contribution in [0.2, 0.25) is 0 Å². The molecule has 0 radical (unpaired) electrons. The maximum Gasteiger partial charge on any atom is 0.272 e. The van der Waals surface area contributed by atoms with Crippen LogP contribution in [-0.2, 0) is 4.79 Å². The van der Waals surface area contributed by atoms with Crippen LogP contribution >= 0.6 is 0 Å². The number of hydrogen-bond acceptors (Lipinski definition) is 5. The minimum atomic E-state index is -0.208. The molecule has 31 heavy (non-hydrogen) atoms. The Kier molecular flexibility index (Phi) is 6.74. The van der Waals surface area contributed by atoms with Crippen LogP contribution in [0.25, 0.3) is 22.0 Å². The van der Waals surface area contributed by atoms with Gasteiger partial charge in [0.05, 0.1) is 11.1 Å². The summed E-state index contributed by atoms with van der Waals surface area (Å²) in [5.74, 6) is 0.0230. The fourth-order valence-electron chi connectivity index (χ4n) is 3.99. The van der Waals surface area contributed by atoms with Gasteiger partial charge in [0.2, 0.25) is 5.91 Å². The molecule has 0 bridgehead atoms. The minimum absolute atomic E-state index is 0.0230. The zero-order valence-electron chi connectivity index (χ0n) is 17.9. The van der Waals surface area contributed by atoms with Crippen molar-refractivity contribution >= 4 is 22.4 Å². The third-order valence-electron chi connectivity index (χ3n) is 5.84. The molecular weight excluding hydrogens is 390 g/mol. The molecule has 7 heteroatoms. The normalized spacial score (nSPS) is 15.3. The number of aromatic amines is 1. The molecule has 0 saturated carbocycles. The van der Waals surface area contributed by atoms with Crippen molar-refractivity contribution < 1.29 is 4.79 Å². The Morgan fingerprint density at radius 3 is 2.61 bits per heavy atom. The molecule has 1 saturated heterocycles. The lowest BCUT2D eigenvalue weighted by Gasteiger charge is -2.32. The molecule has 3 aromatic rings. The molecule has 7 nitrogen and oxygen atoms in total. The van der Waals surface area contributed by atoms with E-state index in [1.165, 1.54) is 0 Å². The van der Waals surface area contributed by atoms with Crippen LogP contribution in [0.4, 0.5) is 5.69 Å². The Bertz CT molecular complexity index is 1100. The van der Waals surface area contributed by atoms with E-state index < -0.39 is 0 Å². The smallest absolute Gasteiger partial charge is 0.272 e. The molecule has 0 spiro atoms. The molecule has 2 N–H and O–H groups in total. The highest BCUT2D eigenvalue weighted by molar-refractivity contribution is 5.95. The zero-order chi connectivity index (χ0) is 21.6. The van der Waals surface area contributed by atoms with Crippen molar-refractivity contribution in [3.63, 3.8) is 0 Å². The highest BCUT2D eigenvalue weighted by atomic mass is 16.1. The molecule has 0 unspecified atom stereocenters. The van der Waals surface area contributed by atoms with E-state index in [9.17, 15) is 9.59 Å². The van der Waals surface area contributed by atoms with Gasteiger partial charge < -0.3 is 15.1 Å². The number of H-pyrrole nitrogens is 1. The average molecular weight is 420 g/mol. The van der Waals surface area contributed by atoms with Crippen molar-refractivity contribution in [1.29, 1.82) is 0 Å². The van der Waals surface area contributed by atoms with Gasteiger partial charge in [0.25, 0.3) is 5.56 Å². The molecule has 0 aliphatic carbocycles. The standard InChI is InChI=1S/C24H29N5O2/c1-28-13-15-29(16-14-28)12-5-4-11-22(30)25-19-8-6-7-18(17-19)23-20-9-2-3-10-21(20)24(31)27-26-23/h2-3,6-10,17H,4-5,11-16H2,1H3,(H,25,30)(H,27,31). The molecule has 2 aromatic carbocycles. The molecule has 1 aliphatic heterocycles. The molecule has 1 amide bonds. The third-order valence-corrected chi connectivity index (χ3v) is 5.84. The number of benzene rings is 2. The fraction of sp³-hybridized carbons (Fsp3) is 0.375. The molecule has 0 atom stereocenters. The summed E-state index contributed by atoms with van der Waals surface area (Å²) in [5, 5.41) is 11.2. The second kappa shape index (κ2) is 9.85. The Morgan fingerprint density at radius 2 is 1.81 bits per heavy atom. The number of likely N-dealkylation sites (N-methyl/N-ethyl adjacent to an activating group) is 1. The van der Waals surface area contributed by atoms with Gasteiger partial charge in [-0.1, -0.05) is 30.3 Å². The number of fused-ring (bicyclic) bond motifs is 1. The van der Waals surface area contributed by atoms with Crippen molar-refractivity contribution in [1.82, 2.24) is 20.0 Å². The van der Waals surface area contributed by atoms with E-state index in [1.54, 1.807) is 6.07 Å². The first-order valence-electron chi connectivity index (χ1n) is 10.9. The highest BCUT2D eigenvalue weighted by Gasteiger charge is 2.13. The lowest BCUT2D eigenvalue weighted by atomic mass is 10.0. The van der Waals surface area contributed by atoms with Gasteiger partial charge in [-0.25, -0.2) is 5.10 Å². The summed E-state index contributed by atoms with van der Waals surface area (Å²) in [5.41, 5.74) is 2.07. The molecule has 1 fully saturated rings. The number of carbonyl (C=O) groups excluding carboxylic acids is 1. The summed E-state index contributed by atoms with van der Waals surface area (Å²) in [7, 11) is 2.16. The maximum absolute atomic E-state index is 12.4. The second-order valence-corrected chi connectivity index (χ2v) is 8.18. The van der Waals surface area contributed by atoms with E-state index in [-0.39, 0.29) is 11.5 Å². The van der Waals surface area contributed by atoms with Crippen LogP contribution in [0.15, 0.2) is 53.3 Å². The van der Waals surface area contributed by atoms with E-state index in [0.29, 0.717) is 17.5 Å². The van der Waals surface area contributed by atoms with Crippen molar-refractivity contribution in [3.05, 3.63) is 58.9 Å². The summed E-state index contributed by atoms with van der Waals surface area (Å²) in [6.07, 6.45) is 2.42. The maximum atomic E-state index is 12.4. The van der Waals surface area contributed by atoms with Crippen molar-refractivity contribution in [3.8, 4) is 11.3 Å². The van der Waals surface area contributed by atoms with Crippen LogP contribution in [0.1, 0.15) is 19.3 Å². The number of hydrogen-bond donors (Lipinski definition) is 2. The summed E-state index contributed by atoms with van der Waals surface area (Å²) < 4.78 is 0. The number of nitrogens with one attached hydrogen (secondary N) is 2. The molecule has 4 rings (SSSR count). The van der Waals surface area contributed by atoms with E-state index in [4.69, 9.17) is 0 Å². The van der Waals surface area contributed by atoms with Gasteiger partial charge in [0.15, 0.2) is 0 Å². The number of aromatic nitrogens is 2. The van der Waals surface area contributed by atoms with Crippen molar-refractivity contribution in [2.45, 2.75) is 19.3 Å². The first-order valence-corrected chi connectivity index (χ1v) is 10.9. The van der Waals surface area contributed by atoms with E-state index in [1.807, 2.05) is 42.5 Å². The van der Waals surface area contributed by atoms with Crippen LogP contribution in [0, 0.1) is 0 Å². The summed E-state index contributed by atoms with van der Waals surface area (Å²) in [6, 6.07) is 15.0. The number of carbonyl (C=O) groups is 1. The van der Waals surface area contributed by atoms with Crippen molar-refractivity contribution in [2.75, 3.05) is 45.1 Å². The molecule has 1 aromatic heterocycles. The number of amides is 1. The summed E-state index contributed by atoms with van der Waals surface area (Å²) in [4.78, 5) is 29.3. The number of nitrogens with zero attached hydrogens (tertiary/aromatic N) is 3. The van der Waals surface area contributed by atoms with Gasteiger partial charge in [0.1, 0.15) is 0 Å². The average Bonchev–Trinajstić information content (AvgIpc) is 2.78. The number of unbranched alkanes of at least 4 members (excludes halogenated alkanes) is 1. The second-order valence-electron chi connectivity index (χ2n) is 8.18. The fourth-order valence-corrected chi connectivity index (χ4v) is 3.99. The molecule has 162 valence electrons. The highest BCUT2D eigenvalue weighted by Crippen LogP contribution is 2.26. The van der Waals surface area contributed by atoms with Crippen LogP contribution in [0.3, 0.4) is 0 Å². The molecule has 2 heterocycles. The SMILES string of the molecule is CN1CCN(CCCCC(=O)Nc2cccc(-c3n[nH]c(=O)c4ccccc34)c2)CC1. The minimum Gasteiger partial charge on any atom is -0.326 e. The Labute approximate surface area is 182 Å². The third kappa shape index (κ3) is 5.37. The van der Waals surface area contributed by atoms with Gasteiger partial charge >= 0.3 is 0 Å². The quantitative estimate of drug-likeness (QED) is 0.576. The predicted molar refractivity (Wildman–Crippen MR) is 124 cm³/mol. The van der Waals surface area contributed by atoms with Gasteiger partial charge in [0, 0.05) is 49.2 Å². The van der Waals surface area contributed by atoms with E-state index >= 15 is 0 Å².